The Morgan fingerprint density at radius 3 is 2.25 bits per heavy atom. The normalized spacial score (nSPS) is 19.6. The second kappa shape index (κ2) is 8.61. The highest BCUT2D eigenvalue weighted by atomic mass is 32.2. The number of sulfonamides is 1. The Morgan fingerprint density at radius 1 is 1.09 bits per heavy atom. The van der Waals surface area contributed by atoms with Crippen molar-refractivity contribution in [3.8, 4) is 11.8 Å². The molecule has 1 aromatic carbocycles. The van der Waals surface area contributed by atoms with Gasteiger partial charge >= 0.3 is 5.51 Å². The zero-order valence-corrected chi connectivity index (χ0v) is 18.5. The second-order valence-electron chi connectivity index (χ2n) is 6.88. The van der Waals surface area contributed by atoms with Gasteiger partial charge in [0.1, 0.15) is 16.8 Å². The van der Waals surface area contributed by atoms with Gasteiger partial charge in [-0.3, -0.25) is 0 Å². The summed E-state index contributed by atoms with van der Waals surface area (Å²) in [5, 5.41) is 0. The van der Waals surface area contributed by atoms with Crippen LogP contribution in [-0.2, 0) is 19.8 Å². The standard InChI is InChI=1S/C19H20F3N5O3S2/c1-2-3-15-13-26(32(29,30)17-8-9-18(23)25-12-17)10-11-27(15)14-4-6-16(7-5-14)31(24,28)19(20,21)22/h4-9,12,15,24H,10-11,13H2,1H3,(H2,23,25)/t15-,31+/m0/s1. The number of halogens is 3. The maximum atomic E-state index is 13.0. The first-order chi connectivity index (χ1) is 14.9. The molecule has 2 atom stereocenters. The summed E-state index contributed by atoms with van der Waals surface area (Å²) in [5.74, 6) is 5.86. The molecule has 0 amide bonds. The first-order valence-electron chi connectivity index (χ1n) is 9.23. The molecule has 1 aromatic heterocycles. The van der Waals surface area contributed by atoms with Crippen molar-refractivity contribution in [2.45, 2.75) is 28.3 Å². The quantitative estimate of drug-likeness (QED) is 0.640. The number of nitrogens with zero attached hydrogens (tertiary/aromatic N) is 3. The number of alkyl halides is 3. The Morgan fingerprint density at radius 2 is 1.72 bits per heavy atom. The minimum atomic E-state index is -5.18. The summed E-state index contributed by atoms with van der Waals surface area (Å²) >= 11 is 0. The number of rotatable bonds is 4. The summed E-state index contributed by atoms with van der Waals surface area (Å²) in [6, 6.07) is 6.83. The lowest BCUT2D eigenvalue weighted by molar-refractivity contribution is -0.0406. The Hall–Kier alpha value is -2.82. The SMILES string of the molecule is CC#C[C@H]1CN(S(=O)(=O)c2ccc(N)nc2)CCN1c1ccc([S@@](=N)(=O)C(F)(F)F)cc1. The number of hydrogen-bond donors (Lipinski definition) is 2. The molecule has 8 nitrogen and oxygen atoms in total. The lowest BCUT2D eigenvalue weighted by Crippen LogP contribution is -2.54. The van der Waals surface area contributed by atoms with Gasteiger partial charge in [0, 0.05) is 31.5 Å². The number of benzene rings is 1. The van der Waals surface area contributed by atoms with E-state index in [2.05, 4.69) is 16.8 Å². The third-order valence-electron chi connectivity index (χ3n) is 4.88. The van der Waals surface area contributed by atoms with Crippen LogP contribution in [0, 0.1) is 16.6 Å². The molecule has 13 heteroatoms. The molecule has 2 aromatic rings. The van der Waals surface area contributed by atoms with E-state index >= 15 is 0 Å². The maximum Gasteiger partial charge on any atom is 0.483 e. The molecular weight excluding hydrogens is 467 g/mol. The Balaban J connectivity index is 1.86. The van der Waals surface area contributed by atoms with E-state index in [1.807, 2.05) is 0 Å². The van der Waals surface area contributed by atoms with Crippen molar-refractivity contribution in [1.82, 2.24) is 9.29 Å². The molecule has 0 aliphatic carbocycles. The summed E-state index contributed by atoms with van der Waals surface area (Å²) < 4.78 is 84.8. The van der Waals surface area contributed by atoms with Crippen LogP contribution < -0.4 is 10.6 Å². The summed E-state index contributed by atoms with van der Waals surface area (Å²) in [7, 11) is -8.80. The Kier molecular flexibility index (Phi) is 6.41. The van der Waals surface area contributed by atoms with E-state index in [1.165, 1.54) is 34.8 Å². The van der Waals surface area contributed by atoms with Gasteiger partial charge in [-0.25, -0.2) is 22.4 Å². The smallest absolute Gasteiger partial charge is 0.384 e. The highest BCUT2D eigenvalue weighted by molar-refractivity contribution is 7.93. The average molecular weight is 488 g/mol. The summed E-state index contributed by atoms with van der Waals surface area (Å²) in [6.07, 6.45) is 1.18. The number of nitrogen functional groups attached to an aromatic ring is 1. The van der Waals surface area contributed by atoms with Crippen LogP contribution in [0.15, 0.2) is 52.4 Å². The van der Waals surface area contributed by atoms with Gasteiger partial charge < -0.3 is 10.6 Å². The van der Waals surface area contributed by atoms with Gasteiger partial charge in [-0.15, -0.1) is 5.92 Å². The predicted octanol–water partition coefficient (Wildman–Crippen LogP) is 2.49. The van der Waals surface area contributed by atoms with E-state index in [4.69, 9.17) is 10.5 Å². The molecule has 0 bridgehead atoms. The molecule has 32 heavy (non-hydrogen) atoms. The molecule has 172 valence electrons. The fourth-order valence-corrected chi connectivity index (χ4v) is 5.40. The second-order valence-corrected chi connectivity index (χ2v) is 10.9. The van der Waals surface area contributed by atoms with Crippen molar-refractivity contribution in [2.75, 3.05) is 30.3 Å². The fourth-order valence-electron chi connectivity index (χ4n) is 3.23. The van der Waals surface area contributed by atoms with E-state index in [0.29, 0.717) is 5.69 Å². The van der Waals surface area contributed by atoms with Gasteiger partial charge in [0.15, 0.2) is 9.73 Å². The minimum Gasteiger partial charge on any atom is -0.384 e. The number of pyridine rings is 1. The van der Waals surface area contributed by atoms with Crippen molar-refractivity contribution in [3.63, 3.8) is 0 Å². The van der Waals surface area contributed by atoms with Crippen LogP contribution in [0.2, 0.25) is 0 Å². The van der Waals surface area contributed by atoms with Crippen molar-refractivity contribution < 1.29 is 25.8 Å². The molecule has 1 aliphatic rings. The number of aromatic nitrogens is 1. The van der Waals surface area contributed by atoms with Gasteiger partial charge in [-0.1, -0.05) is 5.92 Å². The highest BCUT2D eigenvalue weighted by Crippen LogP contribution is 2.32. The molecule has 0 unspecified atom stereocenters. The zero-order chi connectivity index (χ0) is 23.7. The van der Waals surface area contributed by atoms with Crippen LogP contribution in [0.1, 0.15) is 6.92 Å². The van der Waals surface area contributed by atoms with E-state index in [9.17, 15) is 25.8 Å². The van der Waals surface area contributed by atoms with Gasteiger partial charge in [0.25, 0.3) is 0 Å². The van der Waals surface area contributed by atoms with Gasteiger partial charge in [-0.2, -0.15) is 17.5 Å². The molecule has 1 fully saturated rings. The van der Waals surface area contributed by atoms with Crippen LogP contribution >= 0.6 is 0 Å². The number of nitrogens with two attached hydrogens (primary N) is 1. The van der Waals surface area contributed by atoms with Gasteiger partial charge in [0.2, 0.25) is 10.0 Å². The molecule has 0 saturated carbocycles. The van der Waals surface area contributed by atoms with Crippen LogP contribution in [-0.4, -0.2) is 53.1 Å². The van der Waals surface area contributed by atoms with Crippen LogP contribution in [0.3, 0.4) is 0 Å². The van der Waals surface area contributed by atoms with E-state index < -0.39 is 36.2 Å². The summed E-state index contributed by atoms with van der Waals surface area (Å²) in [4.78, 5) is 4.92. The Labute approximate surface area is 184 Å². The molecule has 1 saturated heterocycles. The van der Waals surface area contributed by atoms with Crippen LogP contribution in [0.5, 0.6) is 0 Å². The predicted molar refractivity (Wildman–Crippen MR) is 114 cm³/mol. The summed E-state index contributed by atoms with van der Waals surface area (Å²) in [6.45, 7) is 1.94. The van der Waals surface area contributed by atoms with Gasteiger partial charge in [-0.05, 0) is 43.3 Å². The lowest BCUT2D eigenvalue weighted by Gasteiger charge is -2.39. The number of piperazine rings is 1. The molecule has 2 heterocycles. The van der Waals surface area contributed by atoms with Crippen LogP contribution in [0.25, 0.3) is 0 Å². The van der Waals surface area contributed by atoms with E-state index in [0.717, 1.165) is 12.1 Å². The first-order valence-corrected chi connectivity index (χ1v) is 12.2. The topological polar surface area (TPSA) is 120 Å². The maximum absolute atomic E-state index is 13.0. The molecule has 1 aliphatic heterocycles. The van der Waals surface area contributed by atoms with Crippen molar-refractivity contribution in [1.29, 1.82) is 4.78 Å². The van der Waals surface area contributed by atoms with E-state index in [1.54, 1.807) is 11.8 Å². The number of nitrogens with one attached hydrogen (secondary N) is 1. The third-order valence-corrected chi connectivity index (χ3v) is 8.31. The van der Waals surface area contributed by atoms with Crippen molar-refractivity contribution in [3.05, 3.63) is 42.6 Å². The monoisotopic (exact) mass is 487 g/mol. The van der Waals surface area contributed by atoms with Crippen molar-refractivity contribution >= 4 is 31.3 Å². The first kappa shape index (κ1) is 23.8. The molecule has 3 N–H and O–H groups in total. The largest absolute Gasteiger partial charge is 0.483 e. The molecule has 0 spiro atoms. The Bertz CT molecular complexity index is 1250. The fraction of sp³-hybridized carbons (Fsp3) is 0.316. The van der Waals surface area contributed by atoms with E-state index in [-0.39, 0.29) is 30.3 Å². The molecular formula is C19H20F3N5O3S2. The van der Waals surface area contributed by atoms with Gasteiger partial charge in [0.05, 0.1) is 4.90 Å². The average Bonchev–Trinajstić information content (AvgIpc) is 2.73. The summed E-state index contributed by atoms with van der Waals surface area (Å²) in [5.41, 5.74) is 0.815. The highest BCUT2D eigenvalue weighted by Gasteiger charge is 2.43. The zero-order valence-electron chi connectivity index (χ0n) is 16.8. The number of hydrogen-bond acceptors (Lipinski definition) is 7. The van der Waals surface area contributed by atoms with Crippen molar-refractivity contribution in [2.24, 2.45) is 0 Å². The lowest BCUT2D eigenvalue weighted by atomic mass is 10.1. The number of anilines is 2. The third kappa shape index (κ3) is 4.52. The minimum absolute atomic E-state index is 0.00920. The molecule has 3 rings (SSSR count). The van der Waals surface area contributed by atoms with Crippen LogP contribution in [0.4, 0.5) is 24.7 Å². The molecule has 0 radical (unpaired) electrons.